The number of carbonyl (C=O) groups excluding carboxylic acids is 1. The van der Waals surface area contributed by atoms with Crippen LogP contribution in [0.2, 0.25) is 0 Å². The van der Waals surface area contributed by atoms with Gasteiger partial charge in [-0.2, -0.15) is 9.97 Å². The van der Waals surface area contributed by atoms with E-state index in [0.29, 0.717) is 78.7 Å². The number of fused-ring (bicyclic) bond motifs is 4. The van der Waals surface area contributed by atoms with Crippen molar-refractivity contribution >= 4 is 39.1 Å². The van der Waals surface area contributed by atoms with Crippen molar-refractivity contribution in [2.45, 2.75) is 56.9 Å². The fraction of sp³-hybridized carbons (Fsp3) is 0.432. The van der Waals surface area contributed by atoms with Crippen molar-refractivity contribution in [3.63, 3.8) is 0 Å². The molecule has 4 aliphatic heterocycles. The zero-order valence-corrected chi connectivity index (χ0v) is 28.5. The van der Waals surface area contributed by atoms with Crippen molar-refractivity contribution in [3.05, 3.63) is 59.3 Å². The molecule has 1 amide bonds. The summed E-state index contributed by atoms with van der Waals surface area (Å²) < 4.78 is 53.1. The minimum absolute atomic E-state index is 0.0547. The first-order chi connectivity index (χ1) is 24.7. The third kappa shape index (κ3) is 5.83. The van der Waals surface area contributed by atoms with Crippen LogP contribution in [-0.2, 0) is 11.2 Å². The van der Waals surface area contributed by atoms with E-state index >= 15 is 8.78 Å². The van der Waals surface area contributed by atoms with Crippen LogP contribution < -0.4 is 20.3 Å². The third-order valence-electron chi connectivity index (χ3n) is 10.7. The van der Waals surface area contributed by atoms with E-state index in [4.69, 9.17) is 9.72 Å². The van der Waals surface area contributed by atoms with Gasteiger partial charge in [-0.25, -0.2) is 13.2 Å². The maximum atomic E-state index is 17.1. The molecular weight excluding hydrogens is 661 g/mol. The Hall–Kier alpha value is -4.82. The van der Waals surface area contributed by atoms with E-state index in [1.165, 1.54) is 24.4 Å². The second kappa shape index (κ2) is 13.1. The van der Waals surface area contributed by atoms with Crippen LogP contribution in [-0.4, -0.2) is 101 Å². The molecule has 11 nitrogen and oxygen atoms in total. The molecule has 2 aromatic carbocycles. The summed E-state index contributed by atoms with van der Waals surface area (Å²) in [5.74, 6) is -1.23. The van der Waals surface area contributed by atoms with Crippen LogP contribution in [0.5, 0.6) is 11.8 Å². The van der Waals surface area contributed by atoms with Gasteiger partial charge >= 0.3 is 6.01 Å². The average Bonchev–Trinajstić information content (AvgIpc) is 3.78. The molecule has 0 aliphatic carbocycles. The molecular formula is C37H39F3N8O3. The van der Waals surface area contributed by atoms with Crippen LogP contribution in [0.25, 0.3) is 32.9 Å². The van der Waals surface area contributed by atoms with Crippen molar-refractivity contribution in [2.75, 3.05) is 51.3 Å². The molecule has 0 spiro atoms. The van der Waals surface area contributed by atoms with Gasteiger partial charge in [-0.05, 0) is 85.0 Å². The number of hydrogen-bond acceptors (Lipinski definition) is 10. The molecule has 3 fully saturated rings. The molecule has 0 unspecified atom stereocenters. The summed E-state index contributed by atoms with van der Waals surface area (Å²) in [5, 5.41) is 18.0. The van der Waals surface area contributed by atoms with Crippen LogP contribution in [0, 0.1) is 11.6 Å². The van der Waals surface area contributed by atoms with Crippen molar-refractivity contribution < 1.29 is 27.8 Å². The van der Waals surface area contributed by atoms with Gasteiger partial charge in [-0.3, -0.25) is 25.0 Å². The molecule has 3 N–H and O–H groups in total. The highest BCUT2D eigenvalue weighted by Crippen LogP contribution is 2.42. The van der Waals surface area contributed by atoms with Gasteiger partial charge in [0.15, 0.2) is 5.82 Å². The fourth-order valence-electron chi connectivity index (χ4n) is 8.26. The van der Waals surface area contributed by atoms with E-state index in [1.807, 2.05) is 11.8 Å². The molecule has 6 heterocycles. The number of benzene rings is 2. The Balaban J connectivity index is 1.26. The van der Waals surface area contributed by atoms with Crippen LogP contribution in [0.4, 0.5) is 19.0 Å². The zero-order chi connectivity index (χ0) is 35.4. The van der Waals surface area contributed by atoms with Crippen molar-refractivity contribution in [1.82, 2.24) is 30.5 Å². The minimum atomic E-state index is -0.952. The number of carbonyl (C=O) groups is 1. The van der Waals surface area contributed by atoms with Gasteiger partial charge in [0.2, 0.25) is 0 Å². The number of aromatic nitrogens is 3. The minimum Gasteiger partial charge on any atom is -0.508 e. The van der Waals surface area contributed by atoms with Gasteiger partial charge in [-0.15, -0.1) is 0 Å². The summed E-state index contributed by atoms with van der Waals surface area (Å²) >= 11 is 0. The van der Waals surface area contributed by atoms with Gasteiger partial charge in [0.25, 0.3) is 5.91 Å². The van der Waals surface area contributed by atoms with Crippen LogP contribution >= 0.6 is 0 Å². The lowest BCUT2D eigenvalue weighted by Gasteiger charge is -2.32. The van der Waals surface area contributed by atoms with Crippen molar-refractivity contribution in [1.29, 1.82) is 0 Å². The summed E-state index contributed by atoms with van der Waals surface area (Å²) in [7, 11) is 1.55. The Bertz CT molecular complexity index is 2130. The van der Waals surface area contributed by atoms with E-state index in [-0.39, 0.29) is 41.0 Å². The number of nitrogens with one attached hydrogen (secondary N) is 2. The molecule has 0 radical (unpaired) electrons. The quantitative estimate of drug-likeness (QED) is 0.254. The molecule has 0 saturated carbocycles. The predicted octanol–water partition coefficient (Wildman–Crippen LogP) is 4.60. The highest BCUT2D eigenvalue weighted by atomic mass is 19.1. The second-order valence-corrected chi connectivity index (χ2v) is 13.8. The monoisotopic (exact) mass is 700 g/mol. The molecule has 3 atom stereocenters. The van der Waals surface area contributed by atoms with Crippen LogP contribution in [0.1, 0.15) is 38.2 Å². The highest BCUT2D eigenvalue weighted by molar-refractivity contribution is 6.44. The highest BCUT2D eigenvalue weighted by Gasteiger charge is 2.49. The average molecular weight is 701 g/mol. The molecule has 51 heavy (non-hydrogen) atoms. The number of anilines is 1. The van der Waals surface area contributed by atoms with E-state index in [0.717, 1.165) is 25.0 Å². The molecule has 3 saturated heterocycles. The first-order valence-corrected chi connectivity index (χ1v) is 17.5. The molecule has 0 bridgehead atoms. The molecule has 266 valence electrons. The number of phenolic OH excluding ortho intramolecular Hbond substituents is 1. The summed E-state index contributed by atoms with van der Waals surface area (Å²) in [6.07, 6.45) is 4.99. The Morgan fingerprint density at radius 2 is 2.06 bits per heavy atom. The van der Waals surface area contributed by atoms with Crippen molar-refractivity contribution in [3.8, 4) is 23.0 Å². The number of nitrogens with zero attached hydrogens (tertiary/aromatic N) is 6. The lowest BCUT2D eigenvalue weighted by atomic mass is 9.94. The lowest BCUT2D eigenvalue weighted by molar-refractivity contribution is -0.114. The summed E-state index contributed by atoms with van der Waals surface area (Å²) in [5.41, 5.74) is 1.13. The van der Waals surface area contributed by atoms with Gasteiger partial charge in [0, 0.05) is 44.9 Å². The normalized spacial score (nSPS) is 23.5. The van der Waals surface area contributed by atoms with E-state index in [1.54, 1.807) is 19.2 Å². The van der Waals surface area contributed by atoms with Gasteiger partial charge in [0.05, 0.1) is 10.9 Å². The van der Waals surface area contributed by atoms with Crippen molar-refractivity contribution in [2.24, 2.45) is 4.99 Å². The molecule has 2 aromatic heterocycles. The van der Waals surface area contributed by atoms with E-state index in [9.17, 15) is 14.3 Å². The van der Waals surface area contributed by atoms with E-state index in [2.05, 4.69) is 30.5 Å². The first kappa shape index (κ1) is 33.3. The Morgan fingerprint density at radius 3 is 2.88 bits per heavy atom. The standard InChI is InChI=1S/C37H39F3N8O3/c1-3-24-27(39)7-6-20-12-23(49)14-25(29(20)24)31-30(40)32-26(16-43-31)34(46-36(45-32)51-19-37-8-4-11-48(37)18-22(38)15-37)47-10-5-9-42-33-21(17-47)13-28(44-33)35(50)41-2/h6-7,12-14,16,22,33,42,49H,3-5,8-11,15,17-19H2,1-2H3,(H,41,50)/t22-,33+,37+/m1/s1. The van der Waals surface area contributed by atoms with Crippen LogP contribution in [0.3, 0.4) is 0 Å². The summed E-state index contributed by atoms with van der Waals surface area (Å²) in [6, 6.07) is 5.74. The SMILES string of the molecule is CCc1c(F)ccc2cc(O)cc(-c3ncc4c(N5CCCN[C@H]6N=C(C(=O)NC)C=C6C5)nc(OC[C@@]56CCCN5C[C@H](F)C6)nc4c3F)c12. The predicted molar refractivity (Wildman–Crippen MR) is 188 cm³/mol. The first-order valence-electron chi connectivity index (χ1n) is 17.5. The Labute approximate surface area is 292 Å². The van der Waals surface area contributed by atoms with E-state index < -0.39 is 29.5 Å². The smallest absolute Gasteiger partial charge is 0.319 e. The number of phenols is 1. The maximum Gasteiger partial charge on any atom is 0.319 e. The molecule has 4 aromatic rings. The maximum absolute atomic E-state index is 17.1. The number of hydrogen-bond donors (Lipinski definition) is 3. The number of halogens is 3. The molecule has 8 rings (SSSR count). The van der Waals surface area contributed by atoms with Gasteiger partial charge in [-0.1, -0.05) is 13.0 Å². The van der Waals surface area contributed by atoms with Crippen LogP contribution in [0.15, 0.2) is 47.1 Å². The molecule has 14 heteroatoms. The van der Waals surface area contributed by atoms with Gasteiger partial charge in [0.1, 0.15) is 53.3 Å². The number of alkyl halides is 1. The number of amides is 1. The zero-order valence-electron chi connectivity index (χ0n) is 28.5. The Morgan fingerprint density at radius 1 is 1.20 bits per heavy atom. The number of ether oxygens (including phenoxy) is 1. The fourth-order valence-corrected chi connectivity index (χ4v) is 8.26. The topological polar surface area (TPSA) is 128 Å². The Kier molecular flexibility index (Phi) is 8.53. The second-order valence-electron chi connectivity index (χ2n) is 13.8. The molecule has 4 aliphatic rings. The number of pyridine rings is 1. The number of rotatable bonds is 7. The third-order valence-corrected chi connectivity index (χ3v) is 10.7. The summed E-state index contributed by atoms with van der Waals surface area (Å²) in [6.45, 7) is 4.56. The van der Waals surface area contributed by atoms with Gasteiger partial charge < -0.3 is 20.1 Å². The largest absolute Gasteiger partial charge is 0.508 e. The number of aryl methyl sites for hydroxylation is 1. The number of aliphatic imine (C=N–C) groups is 1. The summed E-state index contributed by atoms with van der Waals surface area (Å²) in [4.78, 5) is 35.1. The lowest BCUT2D eigenvalue weighted by Crippen LogP contribution is -2.43. The number of aromatic hydroxyl groups is 1.